The Morgan fingerprint density at radius 1 is 1.23 bits per heavy atom. The molecule has 0 heterocycles. The van der Waals surface area contributed by atoms with Crippen molar-refractivity contribution in [2.45, 2.75) is 19.3 Å². The van der Waals surface area contributed by atoms with Gasteiger partial charge in [-0.2, -0.15) is 5.26 Å². The summed E-state index contributed by atoms with van der Waals surface area (Å²) in [6, 6.07) is 16.4. The summed E-state index contributed by atoms with van der Waals surface area (Å²) in [6.45, 7) is 2.41. The van der Waals surface area contributed by atoms with Crippen molar-refractivity contribution in [2.24, 2.45) is 0 Å². The number of aryl methyl sites for hydroxylation is 1. The highest BCUT2D eigenvalue weighted by atomic mass is 16.5. The molecule has 0 aliphatic carbocycles. The van der Waals surface area contributed by atoms with E-state index < -0.39 is 5.97 Å². The van der Waals surface area contributed by atoms with Crippen molar-refractivity contribution in [3.8, 4) is 11.8 Å². The van der Waals surface area contributed by atoms with Gasteiger partial charge in [-0.1, -0.05) is 30.3 Å². The zero-order valence-electron chi connectivity index (χ0n) is 12.3. The number of benzene rings is 2. The number of nitriles is 1. The largest absolute Gasteiger partial charge is 0.493 e. The van der Waals surface area contributed by atoms with Crippen LogP contribution in [-0.2, 0) is 0 Å². The Hall–Kier alpha value is -2.80. The Morgan fingerprint density at radius 2 is 1.91 bits per heavy atom. The van der Waals surface area contributed by atoms with Crippen molar-refractivity contribution in [2.75, 3.05) is 6.61 Å². The molecule has 4 nitrogen and oxygen atoms in total. The van der Waals surface area contributed by atoms with Crippen molar-refractivity contribution < 1.29 is 14.6 Å². The summed E-state index contributed by atoms with van der Waals surface area (Å²) in [5.74, 6) is -0.463. The van der Waals surface area contributed by atoms with E-state index in [2.05, 4.69) is 6.07 Å². The van der Waals surface area contributed by atoms with E-state index in [1.165, 1.54) is 12.1 Å². The normalized spacial score (nSPS) is 11.5. The fourth-order valence-electron chi connectivity index (χ4n) is 2.17. The molecular weight excluding hydrogens is 278 g/mol. The monoisotopic (exact) mass is 295 g/mol. The molecule has 2 aromatic carbocycles. The standard InChI is InChI=1S/C18H17NO3/c1-13-4-2-3-5-17(13)22-11-10-16(12-19)14-6-8-15(9-7-14)18(20)21/h2-9,16H,10-11H2,1H3,(H,20,21). The lowest BCUT2D eigenvalue weighted by Gasteiger charge is -2.12. The van der Waals surface area contributed by atoms with Gasteiger partial charge >= 0.3 is 5.97 Å². The van der Waals surface area contributed by atoms with Crippen LogP contribution in [0.15, 0.2) is 48.5 Å². The van der Waals surface area contributed by atoms with E-state index in [9.17, 15) is 10.1 Å². The first-order valence-corrected chi connectivity index (χ1v) is 7.03. The second-order valence-electron chi connectivity index (χ2n) is 5.01. The van der Waals surface area contributed by atoms with E-state index >= 15 is 0 Å². The minimum Gasteiger partial charge on any atom is -0.493 e. The van der Waals surface area contributed by atoms with Crippen molar-refractivity contribution in [3.63, 3.8) is 0 Å². The molecule has 2 aromatic rings. The first-order valence-electron chi connectivity index (χ1n) is 7.03. The van der Waals surface area contributed by atoms with E-state index in [-0.39, 0.29) is 11.5 Å². The molecule has 1 unspecified atom stereocenters. The first kappa shape index (κ1) is 15.6. The van der Waals surface area contributed by atoms with Crippen LogP contribution in [0.4, 0.5) is 0 Å². The number of para-hydroxylation sites is 1. The molecule has 0 saturated carbocycles. The molecule has 0 aromatic heterocycles. The van der Waals surface area contributed by atoms with E-state index in [1.807, 2.05) is 31.2 Å². The summed E-state index contributed by atoms with van der Waals surface area (Å²) < 4.78 is 5.71. The van der Waals surface area contributed by atoms with Crippen molar-refractivity contribution in [1.82, 2.24) is 0 Å². The van der Waals surface area contributed by atoms with E-state index in [0.717, 1.165) is 16.9 Å². The van der Waals surface area contributed by atoms with E-state index in [4.69, 9.17) is 9.84 Å². The van der Waals surface area contributed by atoms with Gasteiger partial charge in [-0.05, 0) is 36.2 Å². The molecule has 22 heavy (non-hydrogen) atoms. The van der Waals surface area contributed by atoms with Gasteiger partial charge in [0.2, 0.25) is 0 Å². The van der Waals surface area contributed by atoms with Gasteiger partial charge in [-0.3, -0.25) is 0 Å². The first-order chi connectivity index (χ1) is 10.6. The van der Waals surface area contributed by atoms with Crippen molar-refractivity contribution >= 4 is 5.97 Å². The molecule has 0 aliphatic rings. The van der Waals surface area contributed by atoms with E-state index in [1.54, 1.807) is 12.1 Å². The molecule has 0 saturated heterocycles. The maximum Gasteiger partial charge on any atom is 0.335 e. The molecule has 2 rings (SSSR count). The fourth-order valence-corrected chi connectivity index (χ4v) is 2.17. The summed E-state index contributed by atoms with van der Waals surface area (Å²) in [7, 11) is 0. The number of hydrogen-bond donors (Lipinski definition) is 1. The van der Waals surface area contributed by atoms with Crippen LogP contribution < -0.4 is 4.74 Å². The lowest BCUT2D eigenvalue weighted by Crippen LogP contribution is -2.06. The van der Waals surface area contributed by atoms with Crippen LogP contribution >= 0.6 is 0 Å². The summed E-state index contributed by atoms with van der Waals surface area (Å²) in [5, 5.41) is 18.2. The number of carbonyl (C=O) groups is 1. The molecule has 1 atom stereocenters. The van der Waals surface area contributed by atoms with Crippen LogP contribution in [0, 0.1) is 18.3 Å². The Morgan fingerprint density at radius 3 is 2.50 bits per heavy atom. The molecule has 1 N–H and O–H groups in total. The highest BCUT2D eigenvalue weighted by molar-refractivity contribution is 5.87. The topological polar surface area (TPSA) is 70.3 Å². The Balaban J connectivity index is 1.96. The third-order valence-electron chi connectivity index (χ3n) is 3.47. The number of aromatic carboxylic acids is 1. The number of nitrogens with zero attached hydrogens (tertiary/aromatic N) is 1. The summed E-state index contributed by atoms with van der Waals surface area (Å²) in [6.07, 6.45) is 0.553. The number of hydrogen-bond acceptors (Lipinski definition) is 3. The highest BCUT2D eigenvalue weighted by Crippen LogP contribution is 2.21. The number of rotatable bonds is 6. The summed E-state index contributed by atoms with van der Waals surface area (Å²) in [5.41, 5.74) is 2.08. The fraction of sp³-hybridized carbons (Fsp3) is 0.222. The van der Waals surface area contributed by atoms with Gasteiger partial charge in [0.25, 0.3) is 0 Å². The highest BCUT2D eigenvalue weighted by Gasteiger charge is 2.12. The molecule has 4 heteroatoms. The number of carboxylic acids is 1. The van der Waals surface area contributed by atoms with Crippen LogP contribution in [0.2, 0.25) is 0 Å². The molecule has 0 bridgehead atoms. The van der Waals surface area contributed by atoms with Crippen molar-refractivity contribution in [1.29, 1.82) is 5.26 Å². The summed E-state index contributed by atoms with van der Waals surface area (Å²) >= 11 is 0. The number of ether oxygens (including phenoxy) is 1. The van der Waals surface area contributed by atoms with E-state index in [0.29, 0.717) is 13.0 Å². The molecule has 0 aliphatic heterocycles. The van der Waals surface area contributed by atoms with Gasteiger partial charge in [-0.15, -0.1) is 0 Å². The third kappa shape index (κ3) is 3.86. The van der Waals surface area contributed by atoms with Gasteiger partial charge in [0.1, 0.15) is 5.75 Å². The van der Waals surface area contributed by atoms with Crippen LogP contribution in [-0.4, -0.2) is 17.7 Å². The SMILES string of the molecule is Cc1ccccc1OCCC(C#N)c1ccc(C(=O)O)cc1. The van der Waals surface area contributed by atoms with Crippen molar-refractivity contribution in [3.05, 3.63) is 65.2 Å². The lowest BCUT2D eigenvalue weighted by molar-refractivity contribution is 0.0697. The predicted octanol–water partition coefficient (Wildman–Crippen LogP) is 3.77. The molecule has 0 amide bonds. The zero-order chi connectivity index (χ0) is 15.9. The predicted molar refractivity (Wildman–Crippen MR) is 83.0 cm³/mol. The zero-order valence-corrected chi connectivity index (χ0v) is 12.3. The van der Waals surface area contributed by atoms with Gasteiger partial charge in [0.15, 0.2) is 0 Å². The molecular formula is C18H17NO3. The quantitative estimate of drug-likeness (QED) is 0.880. The summed E-state index contributed by atoms with van der Waals surface area (Å²) in [4.78, 5) is 10.8. The second-order valence-corrected chi connectivity index (χ2v) is 5.01. The van der Waals surface area contributed by atoms with Gasteiger partial charge in [0, 0.05) is 6.42 Å². The molecule has 112 valence electrons. The molecule has 0 radical (unpaired) electrons. The van der Waals surface area contributed by atoms with Crippen LogP contribution in [0.25, 0.3) is 0 Å². The van der Waals surface area contributed by atoms with Gasteiger partial charge in [-0.25, -0.2) is 4.79 Å². The van der Waals surface area contributed by atoms with Gasteiger partial charge < -0.3 is 9.84 Å². The average Bonchev–Trinajstić information content (AvgIpc) is 2.53. The van der Waals surface area contributed by atoms with Crippen LogP contribution in [0.1, 0.15) is 33.8 Å². The Labute approximate surface area is 129 Å². The lowest BCUT2D eigenvalue weighted by atomic mass is 9.96. The average molecular weight is 295 g/mol. The Kier molecular flexibility index (Phi) is 5.16. The second kappa shape index (κ2) is 7.28. The Bertz CT molecular complexity index is 686. The maximum absolute atomic E-state index is 10.8. The third-order valence-corrected chi connectivity index (χ3v) is 3.47. The minimum absolute atomic E-state index is 0.219. The van der Waals surface area contributed by atoms with Crippen LogP contribution in [0.5, 0.6) is 5.75 Å². The molecule has 0 fully saturated rings. The number of carboxylic acid groups (broad SMARTS) is 1. The smallest absolute Gasteiger partial charge is 0.335 e. The minimum atomic E-state index is -0.969. The van der Waals surface area contributed by atoms with Gasteiger partial charge in [0.05, 0.1) is 24.2 Å². The van der Waals surface area contributed by atoms with Crippen LogP contribution in [0.3, 0.4) is 0 Å². The maximum atomic E-state index is 10.8. The molecule has 0 spiro atoms.